The predicted octanol–water partition coefficient (Wildman–Crippen LogP) is 2.62. The van der Waals surface area contributed by atoms with E-state index in [1.54, 1.807) is 0 Å². The van der Waals surface area contributed by atoms with Crippen molar-refractivity contribution in [3.8, 4) is 0 Å². The first-order chi connectivity index (χ1) is 8.63. The monoisotopic (exact) mass is 270 g/mol. The van der Waals surface area contributed by atoms with Gasteiger partial charge in [-0.25, -0.2) is 0 Å². The summed E-state index contributed by atoms with van der Waals surface area (Å²) in [5, 5.41) is 12.3. The highest BCUT2D eigenvalue weighted by Crippen LogP contribution is 2.18. The van der Waals surface area contributed by atoms with Crippen LogP contribution in [0.1, 0.15) is 50.3 Å². The average molecular weight is 270 g/mol. The molecule has 0 bridgehead atoms. The molecular weight excluding hydrogens is 248 g/mol. The van der Waals surface area contributed by atoms with E-state index in [1.807, 2.05) is 11.8 Å². The normalized spacial score (nSPS) is 12.2. The van der Waals surface area contributed by atoms with Crippen LogP contribution in [0.15, 0.2) is 0 Å². The van der Waals surface area contributed by atoms with Crippen molar-refractivity contribution in [2.24, 2.45) is 0 Å². The van der Waals surface area contributed by atoms with Gasteiger partial charge in [-0.05, 0) is 26.7 Å². The molecule has 0 radical (unpaired) electrons. The summed E-state index contributed by atoms with van der Waals surface area (Å²) in [5.41, 5.74) is 0. The van der Waals surface area contributed by atoms with Gasteiger partial charge < -0.3 is 10.2 Å². The summed E-state index contributed by atoms with van der Waals surface area (Å²) in [6.45, 7) is 9.76. The molecule has 1 amide bonds. The Balaban J connectivity index is 2.73. The van der Waals surface area contributed by atoms with Gasteiger partial charge in [-0.3, -0.25) is 4.79 Å². The van der Waals surface area contributed by atoms with Crippen LogP contribution in [0, 0.1) is 0 Å². The Hall–Kier alpha value is -1.17. The van der Waals surface area contributed by atoms with Crippen molar-refractivity contribution in [3.05, 3.63) is 5.01 Å². The second-order valence-electron chi connectivity index (χ2n) is 4.19. The third-order valence-electron chi connectivity index (χ3n) is 2.86. The quantitative estimate of drug-likeness (QED) is 0.827. The number of amides is 1. The number of hydrogen-bond donors (Lipinski definition) is 1. The highest BCUT2D eigenvalue weighted by Gasteiger charge is 2.22. The highest BCUT2D eigenvalue weighted by molar-refractivity contribution is 7.17. The molecule has 0 spiro atoms. The molecule has 0 aliphatic carbocycles. The number of aromatic nitrogens is 2. The van der Waals surface area contributed by atoms with Gasteiger partial charge in [0.1, 0.15) is 0 Å². The fourth-order valence-electron chi connectivity index (χ4n) is 1.61. The zero-order chi connectivity index (χ0) is 13.5. The second kappa shape index (κ2) is 7.31. The number of nitrogens with one attached hydrogen (secondary N) is 1. The molecule has 1 atom stereocenters. The lowest BCUT2D eigenvalue weighted by molar-refractivity contribution is 0.0698. The van der Waals surface area contributed by atoms with E-state index < -0.39 is 0 Å². The van der Waals surface area contributed by atoms with Crippen LogP contribution >= 0.6 is 11.3 Å². The first-order valence-electron chi connectivity index (χ1n) is 6.52. The first kappa shape index (κ1) is 14.9. The summed E-state index contributed by atoms with van der Waals surface area (Å²) in [6.07, 6.45) is 1.97. The number of anilines is 1. The minimum Gasteiger partial charge on any atom is -0.360 e. The Bertz CT molecular complexity index is 380. The van der Waals surface area contributed by atoms with Crippen LogP contribution in [0.25, 0.3) is 0 Å². The Morgan fingerprint density at radius 3 is 2.67 bits per heavy atom. The lowest BCUT2D eigenvalue weighted by Gasteiger charge is -2.25. The van der Waals surface area contributed by atoms with Crippen LogP contribution in [0.5, 0.6) is 0 Å². The average Bonchev–Trinajstić information content (AvgIpc) is 2.85. The van der Waals surface area contributed by atoms with Crippen LogP contribution in [0.2, 0.25) is 0 Å². The summed E-state index contributed by atoms with van der Waals surface area (Å²) < 4.78 is 0. The molecule has 0 aromatic carbocycles. The van der Waals surface area contributed by atoms with Gasteiger partial charge >= 0.3 is 0 Å². The van der Waals surface area contributed by atoms with E-state index in [2.05, 4.69) is 36.3 Å². The van der Waals surface area contributed by atoms with Crippen LogP contribution in [0.4, 0.5) is 5.13 Å². The maximum atomic E-state index is 12.3. The van der Waals surface area contributed by atoms with Crippen LogP contribution < -0.4 is 5.32 Å². The minimum atomic E-state index is -0.0195. The number of carbonyl (C=O) groups is 1. The smallest absolute Gasteiger partial charge is 0.285 e. The Kier molecular flexibility index (Phi) is 6.04. The fourth-order valence-corrected chi connectivity index (χ4v) is 2.34. The number of carbonyl (C=O) groups excluding carboxylic acids is 1. The maximum Gasteiger partial charge on any atom is 0.285 e. The lowest BCUT2D eigenvalue weighted by atomic mass is 10.2. The van der Waals surface area contributed by atoms with Gasteiger partial charge in [-0.15, -0.1) is 10.2 Å². The largest absolute Gasteiger partial charge is 0.360 e. The molecule has 1 rings (SSSR count). The SMILES string of the molecule is CCCNc1nnc(C(=O)N(CC)C(C)CC)s1. The summed E-state index contributed by atoms with van der Waals surface area (Å²) >= 11 is 1.33. The van der Waals surface area contributed by atoms with E-state index >= 15 is 0 Å². The molecular formula is C12H22N4OS. The summed E-state index contributed by atoms with van der Waals surface area (Å²) in [7, 11) is 0. The Morgan fingerprint density at radius 1 is 1.39 bits per heavy atom. The lowest BCUT2D eigenvalue weighted by Crippen LogP contribution is -2.38. The topological polar surface area (TPSA) is 58.1 Å². The van der Waals surface area contributed by atoms with E-state index in [9.17, 15) is 4.79 Å². The predicted molar refractivity (Wildman–Crippen MR) is 75.2 cm³/mol. The van der Waals surface area contributed by atoms with E-state index in [0.29, 0.717) is 11.6 Å². The van der Waals surface area contributed by atoms with Crippen molar-refractivity contribution in [3.63, 3.8) is 0 Å². The zero-order valence-corrected chi connectivity index (χ0v) is 12.4. The van der Waals surface area contributed by atoms with E-state index in [4.69, 9.17) is 0 Å². The van der Waals surface area contributed by atoms with Crippen molar-refractivity contribution in [2.75, 3.05) is 18.4 Å². The van der Waals surface area contributed by atoms with Crippen LogP contribution in [-0.2, 0) is 0 Å². The van der Waals surface area contributed by atoms with E-state index in [1.165, 1.54) is 11.3 Å². The summed E-state index contributed by atoms with van der Waals surface area (Å²) in [4.78, 5) is 14.1. The number of rotatable bonds is 7. The molecule has 0 aliphatic heterocycles. The third-order valence-corrected chi connectivity index (χ3v) is 3.73. The molecule has 102 valence electrons. The second-order valence-corrected chi connectivity index (χ2v) is 5.17. The molecule has 1 N–H and O–H groups in total. The maximum absolute atomic E-state index is 12.3. The van der Waals surface area contributed by atoms with Crippen molar-refractivity contribution >= 4 is 22.4 Å². The Morgan fingerprint density at radius 2 is 2.11 bits per heavy atom. The van der Waals surface area contributed by atoms with Gasteiger partial charge in [0.25, 0.3) is 5.91 Å². The number of hydrogen-bond acceptors (Lipinski definition) is 5. The molecule has 0 saturated carbocycles. The summed E-state index contributed by atoms with van der Waals surface area (Å²) in [6, 6.07) is 0.235. The molecule has 0 saturated heterocycles. The van der Waals surface area contributed by atoms with E-state index in [-0.39, 0.29) is 11.9 Å². The molecule has 1 aromatic heterocycles. The van der Waals surface area contributed by atoms with Gasteiger partial charge in [-0.2, -0.15) is 0 Å². The highest BCUT2D eigenvalue weighted by atomic mass is 32.1. The summed E-state index contributed by atoms with van der Waals surface area (Å²) in [5.74, 6) is -0.0195. The molecule has 5 nitrogen and oxygen atoms in total. The zero-order valence-electron chi connectivity index (χ0n) is 11.6. The van der Waals surface area contributed by atoms with Gasteiger partial charge in [-0.1, -0.05) is 25.2 Å². The molecule has 0 fully saturated rings. The van der Waals surface area contributed by atoms with Gasteiger partial charge in [0.05, 0.1) is 0 Å². The Labute approximate surface area is 113 Å². The van der Waals surface area contributed by atoms with Crippen molar-refractivity contribution in [2.45, 2.75) is 46.6 Å². The van der Waals surface area contributed by atoms with Crippen LogP contribution in [0.3, 0.4) is 0 Å². The molecule has 1 unspecified atom stereocenters. The standard InChI is InChI=1S/C12H22N4OS/c1-5-8-13-12-15-14-10(18-12)11(17)16(7-3)9(4)6-2/h9H,5-8H2,1-4H3,(H,13,15). The minimum absolute atomic E-state index is 0.0195. The van der Waals surface area contributed by atoms with Gasteiger partial charge in [0, 0.05) is 19.1 Å². The van der Waals surface area contributed by atoms with Crippen molar-refractivity contribution < 1.29 is 4.79 Å². The molecule has 1 heterocycles. The number of nitrogens with zero attached hydrogens (tertiary/aromatic N) is 3. The van der Waals surface area contributed by atoms with E-state index in [0.717, 1.165) is 24.5 Å². The first-order valence-corrected chi connectivity index (χ1v) is 7.33. The molecule has 18 heavy (non-hydrogen) atoms. The molecule has 6 heteroatoms. The fraction of sp³-hybridized carbons (Fsp3) is 0.750. The van der Waals surface area contributed by atoms with Crippen molar-refractivity contribution in [1.82, 2.24) is 15.1 Å². The van der Waals surface area contributed by atoms with Crippen LogP contribution in [-0.4, -0.2) is 40.1 Å². The molecule has 1 aromatic rings. The van der Waals surface area contributed by atoms with Crippen molar-refractivity contribution in [1.29, 1.82) is 0 Å². The van der Waals surface area contributed by atoms with Gasteiger partial charge in [0.15, 0.2) is 0 Å². The van der Waals surface area contributed by atoms with Gasteiger partial charge in [0.2, 0.25) is 10.1 Å². The molecule has 0 aliphatic rings. The third kappa shape index (κ3) is 3.66.